The van der Waals surface area contributed by atoms with Crippen LogP contribution in [0.1, 0.15) is 38.2 Å². The minimum Gasteiger partial charge on any atom is -0.484 e. The van der Waals surface area contributed by atoms with Gasteiger partial charge in [-0.05, 0) is 36.5 Å². The summed E-state index contributed by atoms with van der Waals surface area (Å²) < 4.78 is 10.4. The van der Waals surface area contributed by atoms with Gasteiger partial charge in [-0.1, -0.05) is 26.0 Å². The van der Waals surface area contributed by atoms with Crippen LogP contribution in [0.3, 0.4) is 0 Å². The monoisotopic (exact) mass is 279 g/mol. The van der Waals surface area contributed by atoms with Crippen LogP contribution in [0.15, 0.2) is 24.3 Å². The smallest absolute Gasteiger partial charge is 0.257 e. The molecule has 1 amide bonds. The Balaban J connectivity index is 2.29. The van der Waals surface area contributed by atoms with Gasteiger partial charge in [0, 0.05) is 20.3 Å². The van der Waals surface area contributed by atoms with E-state index in [1.807, 2.05) is 12.1 Å². The van der Waals surface area contributed by atoms with E-state index in [-0.39, 0.29) is 12.5 Å². The second kappa shape index (κ2) is 9.37. The highest BCUT2D eigenvalue weighted by atomic mass is 16.5. The summed E-state index contributed by atoms with van der Waals surface area (Å²) in [6.45, 7) is 5.68. The Morgan fingerprint density at radius 3 is 2.60 bits per heavy atom. The molecule has 0 spiro atoms. The number of methoxy groups -OCH3 is 1. The van der Waals surface area contributed by atoms with Gasteiger partial charge in [0.2, 0.25) is 0 Å². The fraction of sp³-hybridized carbons (Fsp3) is 0.562. The molecule has 4 heteroatoms. The summed E-state index contributed by atoms with van der Waals surface area (Å²) in [6.07, 6.45) is 1.93. The average molecular weight is 279 g/mol. The third kappa shape index (κ3) is 6.06. The first-order chi connectivity index (χ1) is 9.67. The predicted molar refractivity (Wildman–Crippen MR) is 80.1 cm³/mol. The number of hydrogen-bond acceptors (Lipinski definition) is 3. The Morgan fingerprint density at radius 2 is 2.00 bits per heavy atom. The summed E-state index contributed by atoms with van der Waals surface area (Å²) in [5, 5.41) is 2.78. The van der Waals surface area contributed by atoms with Crippen LogP contribution >= 0.6 is 0 Å². The normalized spacial score (nSPS) is 11.9. The summed E-state index contributed by atoms with van der Waals surface area (Å²) in [6, 6.07) is 7.94. The summed E-state index contributed by atoms with van der Waals surface area (Å²) in [4.78, 5) is 11.5. The lowest BCUT2D eigenvalue weighted by atomic mass is 9.99. The van der Waals surface area contributed by atoms with Crippen LogP contribution in [0.4, 0.5) is 0 Å². The van der Waals surface area contributed by atoms with Crippen LogP contribution in [0.25, 0.3) is 0 Å². The van der Waals surface area contributed by atoms with Gasteiger partial charge in [0.05, 0.1) is 0 Å². The SMILES string of the molecule is CCC(C)c1ccc(OCC(=O)NCCCOC)cc1. The zero-order valence-corrected chi connectivity index (χ0v) is 12.6. The molecule has 1 atom stereocenters. The van der Waals surface area contributed by atoms with E-state index in [0.717, 1.165) is 18.6 Å². The molecule has 0 aliphatic heterocycles. The van der Waals surface area contributed by atoms with Crippen molar-refractivity contribution in [2.75, 3.05) is 26.9 Å². The largest absolute Gasteiger partial charge is 0.484 e. The maximum atomic E-state index is 11.5. The van der Waals surface area contributed by atoms with Crippen LogP contribution in [-0.2, 0) is 9.53 Å². The van der Waals surface area contributed by atoms with E-state index in [1.54, 1.807) is 7.11 Å². The number of nitrogens with one attached hydrogen (secondary N) is 1. The molecule has 0 heterocycles. The Kier molecular flexibility index (Phi) is 7.73. The van der Waals surface area contributed by atoms with Crippen molar-refractivity contribution >= 4 is 5.91 Å². The lowest BCUT2D eigenvalue weighted by Crippen LogP contribution is -2.30. The lowest BCUT2D eigenvalue weighted by molar-refractivity contribution is -0.123. The van der Waals surface area contributed by atoms with E-state index in [9.17, 15) is 4.79 Å². The molecule has 1 aromatic carbocycles. The minimum atomic E-state index is -0.105. The van der Waals surface area contributed by atoms with Gasteiger partial charge >= 0.3 is 0 Å². The molecule has 1 rings (SSSR count). The number of rotatable bonds is 9. The summed E-state index contributed by atoms with van der Waals surface area (Å²) in [7, 11) is 1.65. The zero-order valence-electron chi connectivity index (χ0n) is 12.6. The van der Waals surface area contributed by atoms with Crippen LogP contribution in [0, 0.1) is 0 Å². The van der Waals surface area contributed by atoms with Crippen LogP contribution < -0.4 is 10.1 Å². The molecular formula is C16H25NO3. The molecule has 0 radical (unpaired) electrons. The highest BCUT2D eigenvalue weighted by molar-refractivity contribution is 5.77. The third-order valence-electron chi connectivity index (χ3n) is 3.28. The number of carbonyl (C=O) groups is 1. The fourth-order valence-corrected chi connectivity index (χ4v) is 1.77. The first kappa shape index (κ1) is 16.5. The summed E-state index contributed by atoms with van der Waals surface area (Å²) in [5.74, 6) is 1.17. The van der Waals surface area contributed by atoms with Crippen molar-refractivity contribution < 1.29 is 14.3 Å². The Morgan fingerprint density at radius 1 is 1.30 bits per heavy atom. The zero-order chi connectivity index (χ0) is 14.8. The van der Waals surface area contributed by atoms with Gasteiger partial charge in [-0.3, -0.25) is 4.79 Å². The molecule has 0 aliphatic rings. The van der Waals surface area contributed by atoms with Gasteiger partial charge < -0.3 is 14.8 Å². The molecular weight excluding hydrogens is 254 g/mol. The van der Waals surface area contributed by atoms with Crippen molar-refractivity contribution in [3.05, 3.63) is 29.8 Å². The Bertz CT molecular complexity index is 389. The van der Waals surface area contributed by atoms with Gasteiger partial charge in [-0.25, -0.2) is 0 Å². The number of hydrogen-bond donors (Lipinski definition) is 1. The molecule has 20 heavy (non-hydrogen) atoms. The highest BCUT2D eigenvalue weighted by Crippen LogP contribution is 2.21. The van der Waals surface area contributed by atoms with Gasteiger partial charge in [0.15, 0.2) is 6.61 Å². The molecule has 0 aliphatic carbocycles. The minimum absolute atomic E-state index is 0.0513. The number of ether oxygens (including phenoxy) is 2. The van der Waals surface area contributed by atoms with E-state index in [2.05, 4.69) is 31.3 Å². The van der Waals surface area contributed by atoms with Gasteiger partial charge in [0.1, 0.15) is 5.75 Å². The first-order valence-electron chi connectivity index (χ1n) is 7.15. The number of amides is 1. The van der Waals surface area contributed by atoms with E-state index in [4.69, 9.17) is 9.47 Å². The Labute approximate surface area is 121 Å². The Hall–Kier alpha value is -1.55. The maximum Gasteiger partial charge on any atom is 0.257 e. The van der Waals surface area contributed by atoms with Crippen LogP contribution in [0.2, 0.25) is 0 Å². The quantitative estimate of drug-likeness (QED) is 0.707. The van der Waals surface area contributed by atoms with Crippen LogP contribution in [0.5, 0.6) is 5.75 Å². The molecule has 0 aromatic heterocycles. The first-order valence-corrected chi connectivity index (χ1v) is 7.15. The van der Waals surface area contributed by atoms with Gasteiger partial charge in [-0.15, -0.1) is 0 Å². The molecule has 4 nitrogen and oxygen atoms in total. The van der Waals surface area contributed by atoms with Crippen molar-refractivity contribution in [1.82, 2.24) is 5.32 Å². The molecule has 0 fully saturated rings. The van der Waals surface area contributed by atoms with Crippen molar-refractivity contribution in [3.8, 4) is 5.75 Å². The van der Waals surface area contributed by atoms with E-state index in [1.165, 1.54) is 5.56 Å². The molecule has 0 saturated carbocycles. The molecule has 0 saturated heterocycles. The van der Waals surface area contributed by atoms with Crippen molar-refractivity contribution in [1.29, 1.82) is 0 Å². The van der Waals surface area contributed by atoms with Crippen molar-refractivity contribution in [2.24, 2.45) is 0 Å². The van der Waals surface area contributed by atoms with Crippen molar-refractivity contribution in [2.45, 2.75) is 32.6 Å². The number of benzene rings is 1. The molecule has 1 aromatic rings. The molecule has 1 unspecified atom stereocenters. The fourth-order valence-electron chi connectivity index (χ4n) is 1.77. The maximum absolute atomic E-state index is 11.5. The second-order valence-electron chi connectivity index (χ2n) is 4.86. The molecule has 1 N–H and O–H groups in total. The third-order valence-corrected chi connectivity index (χ3v) is 3.28. The lowest BCUT2D eigenvalue weighted by Gasteiger charge is -2.11. The molecule has 0 bridgehead atoms. The second-order valence-corrected chi connectivity index (χ2v) is 4.86. The van der Waals surface area contributed by atoms with Crippen LogP contribution in [-0.4, -0.2) is 32.8 Å². The van der Waals surface area contributed by atoms with Gasteiger partial charge in [0.25, 0.3) is 5.91 Å². The molecule has 112 valence electrons. The van der Waals surface area contributed by atoms with Crippen molar-refractivity contribution in [3.63, 3.8) is 0 Å². The van der Waals surface area contributed by atoms with E-state index >= 15 is 0 Å². The highest BCUT2D eigenvalue weighted by Gasteiger charge is 2.04. The van der Waals surface area contributed by atoms with Gasteiger partial charge in [-0.2, -0.15) is 0 Å². The van der Waals surface area contributed by atoms with E-state index < -0.39 is 0 Å². The average Bonchev–Trinajstić information content (AvgIpc) is 2.49. The summed E-state index contributed by atoms with van der Waals surface area (Å²) in [5.41, 5.74) is 1.30. The topological polar surface area (TPSA) is 47.6 Å². The van der Waals surface area contributed by atoms with E-state index in [0.29, 0.717) is 19.1 Å². The predicted octanol–water partition coefficient (Wildman–Crippen LogP) is 2.73. The number of carbonyl (C=O) groups excluding carboxylic acids is 1. The summed E-state index contributed by atoms with van der Waals surface area (Å²) >= 11 is 0. The standard InChI is InChI=1S/C16H25NO3/c1-4-13(2)14-6-8-15(9-7-14)20-12-16(18)17-10-5-11-19-3/h6-9,13H,4-5,10-12H2,1-3H3,(H,17,18).